The molecule has 0 fully saturated rings. The van der Waals surface area contributed by atoms with E-state index in [1.807, 2.05) is 24.3 Å². The summed E-state index contributed by atoms with van der Waals surface area (Å²) in [6.07, 6.45) is 2.17. The first-order valence-electron chi connectivity index (χ1n) is 4.80. The fraction of sp³-hybridized carbons (Fsp3) is 0.273. The van der Waals surface area contributed by atoms with Gasteiger partial charge >= 0.3 is 5.97 Å². The highest BCUT2D eigenvalue weighted by molar-refractivity contribution is 5.82. The molecule has 15 heavy (non-hydrogen) atoms. The van der Waals surface area contributed by atoms with E-state index in [2.05, 4.69) is 4.99 Å². The van der Waals surface area contributed by atoms with Crippen molar-refractivity contribution < 1.29 is 9.90 Å². The van der Waals surface area contributed by atoms with Crippen molar-refractivity contribution in [1.82, 2.24) is 0 Å². The van der Waals surface area contributed by atoms with Gasteiger partial charge in [-0.1, -0.05) is 18.2 Å². The van der Waals surface area contributed by atoms with Gasteiger partial charge in [0, 0.05) is 12.1 Å². The summed E-state index contributed by atoms with van der Waals surface area (Å²) in [7, 11) is 0. The molecule has 2 rings (SSSR count). The molecule has 4 heteroatoms. The van der Waals surface area contributed by atoms with E-state index in [0.29, 0.717) is 6.42 Å². The van der Waals surface area contributed by atoms with E-state index in [0.717, 1.165) is 11.3 Å². The number of benzene rings is 1. The molecule has 0 saturated heterocycles. The van der Waals surface area contributed by atoms with Crippen LogP contribution in [0.15, 0.2) is 29.3 Å². The minimum absolute atomic E-state index is 0.0345. The lowest BCUT2D eigenvalue weighted by Gasteiger charge is -2.11. The fourth-order valence-corrected chi connectivity index (χ4v) is 1.73. The van der Waals surface area contributed by atoms with Gasteiger partial charge in [0.15, 0.2) is 0 Å². The summed E-state index contributed by atoms with van der Waals surface area (Å²) in [5.41, 5.74) is 7.47. The molecule has 1 aliphatic heterocycles. The van der Waals surface area contributed by atoms with Crippen LogP contribution >= 0.6 is 0 Å². The van der Waals surface area contributed by atoms with Crippen molar-refractivity contribution in [3.05, 3.63) is 29.8 Å². The van der Waals surface area contributed by atoms with Crippen molar-refractivity contribution in [3.63, 3.8) is 0 Å². The SMILES string of the molecule is N[C@@H](C[C@H]1C=Nc2ccccc21)C(=O)O. The minimum atomic E-state index is -0.965. The Hall–Kier alpha value is -1.68. The molecule has 4 nitrogen and oxygen atoms in total. The molecular weight excluding hydrogens is 192 g/mol. The summed E-state index contributed by atoms with van der Waals surface area (Å²) < 4.78 is 0. The summed E-state index contributed by atoms with van der Waals surface area (Å²) in [6.45, 7) is 0. The maximum atomic E-state index is 10.6. The molecule has 0 amide bonds. The molecule has 1 aromatic carbocycles. The zero-order chi connectivity index (χ0) is 10.8. The Balaban J connectivity index is 2.15. The van der Waals surface area contributed by atoms with Gasteiger partial charge in [-0.3, -0.25) is 9.79 Å². The van der Waals surface area contributed by atoms with Crippen LogP contribution in [0.25, 0.3) is 0 Å². The molecule has 2 atom stereocenters. The van der Waals surface area contributed by atoms with Crippen LogP contribution in [0, 0.1) is 0 Å². The van der Waals surface area contributed by atoms with Gasteiger partial charge in [0.1, 0.15) is 6.04 Å². The summed E-state index contributed by atoms with van der Waals surface area (Å²) >= 11 is 0. The number of carbonyl (C=O) groups is 1. The number of aliphatic carboxylic acids is 1. The number of carboxylic acid groups (broad SMARTS) is 1. The van der Waals surface area contributed by atoms with Crippen molar-refractivity contribution >= 4 is 17.9 Å². The van der Waals surface area contributed by atoms with Gasteiger partial charge < -0.3 is 10.8 Å². The Morgan fingerprint density at radius 3 is 3.00 bits per heavy atom. The molecule has 78 valence electrons. The molecule has 0 spiro atoms. The summed E-state index contributed by atoms with van der Waals surface area (Å²) in [5.74, 6) is -0.930. The second-order valence-electron chi connectivity index (χ2n) is 3.62. The predicted octanol–water partition coefficient (Wildman–Crippen LogP) is 1.29. The lowest BCUT2D eigenvalue weighted by molar-refractivity contribution is -0.138. The Morgan fingerprint density at radius 1 is 1.53 bits per heavy atom. The van der Waals surface area contributed by atoms with Gasteiger partial charge in [-0.25, -0.2) is 0 Å². The van der Waals surface area contributed by atoms with Crippen LogP contribution in [0.4, 0.5) is 5.69 Å². The lowest BCUT2D eigenvalue weighted by Crippen LogP contribution is -2.31. The average Bonchev–Trinajstić information content (AvgIpc) is 2.62. The van der Waals surface area contributed by atoms with Crippen molar-refractivity contribution in [2.24, 2.45) is 10.7 Å². The van der Waals surface area contributed by atoms with Gasteiger partial charge in [0.2, 0.25) is 0 Å². The van der Waals surface area contributed by atoms with E-state index in [1.54, 1.807) is 6.21 Å². The normalized spacial score (nSPS) is 19.9. The second kappa shape index (κ2) is 3.82. The molecule has 0 aromatic heterocycles. The number of para-hydroxylation sites is 1. The van der Waals surface area contributed by atoms with Crippen molar-refractivity contribution in [2.45, 2.75) is 18.4 Å². The lowest BCUT2D eigenvalue weighted by atomic mass is 9.94. The van der Waals surface area contributed by atoms with Gasteiger partial charge in [0.05, 0.1) is 5.69 Å². The molecule has 0 radical (unpaired) electrons. The molecule has 0 bridgehead atoms. The highest BCUT2D eigenvalue weighted by atomic mass is 16.4. The van der Waals surface area contributed by atoms with E-state index in [9.17, 15) is 4.79 Å². The number of aliphatic imine (C=N–C) groups is 1. The average molecular weight is 204 g/mol. The Morgan fingerprint density at radius 2 is 2.27 bits per heavy atom. The number of hydrogen-bond acceptors (Lipinski definition) is 3. The number of carboxylic acids is 1. The summed E-state index contributed by atoms with van der Waals surface area (Å²) in [6, 6.07) is 6.88. The van der Waals surface area contributed by atoms with E-state index in [4.69, 9.17) is 10.8 Å². The van der Waals surface area contributed by atoms with Crippen LogP contribution in [0.1, 0.15) is 17.9 Å². The highest BCUT2D eigenvalue weighted by Crippen LogP contribution is 2.33. The monoisotopic (exact) mass is 204 g/mol. The predicted molar refractivity (Wildman–Crippen MR) is 57.6 cm³/mol. The second-order valence-corrected chi connectivity index (χ2v) is 3.62. The van der Waals surface area contributed by atoms with Crippen LogP contribution in [0.5, 0.6) is 0 Å². The first-order chi connectivity index (χ1) is 7.18. The van der Waals surface area contributed by atoms with Crippen LogP contribution in [0.3, 0.4) is 0 Å². The molecule has 3 N–H and O–H groups in total. The number of rotatable bonds is 3. The zero-order valence-electron chi connectivity index (χ0n) is 8.13. The Kier molecular flexibility index (Phi) is 2.51. The maximum absolute atomic E-state index is 10.6. The maximum Gasteiger partial charge on any atom is 0.320 e. The third kappa shape index (κ3) is 1.89. The van der Waals surface area contributed by atoms with E-state index in [1.165, 1.54) is 0 Å². The standard InChI is InChI=1S/C11H12N2O2/c12-9(11(14)15)5-7-6-13-10-4-2-1-3-8(7)10/h1-4,6-7,9H,5,12H2,(H,14,15)/t7-,9-/m0/s1. The topological polar surface area (TPSA) is 75.7 Å². The van der Waals surface area contributed by atoms with Crippen molar-refractivity contribution in [2.75, 3.05) is 0 Å². The molecule has 1 aromatic rings. The molecular formula is C11H12N2O2. The fourth-order valence-electron chi connectivity index (χ4n) is 1.73. The largest absolute Gasteiger partial charge is 0.480 e. The minimum Gasteiger partial charge on any atom is -0.480 e. The first kappa shape index (κ1) is 9.86. The summed E-state index contributed by atoms with van der Waals surface area (Å²) in [5, 5.41) is 8.72. The van der Waals surface area contributed by atoms with Crippen molar-refractivity contribution in [1.29, 1.82) is 0 Å². The van der Waals surface area contributed by atoms with E-state index in [-0.39, 0.29) is 5.92 Å². The molecule has 1 aliphatic rings. The first-order valence-corrected chi connectivity index (χ1v) is 4.80. The van der Waals surface area contributed by atoms with Gasteiger partial charge in [0.25, 0.3) is 0 Å². The van der Waals surface area contributed by atoms with Crippen LogP contribution < -0.4 is 5.73 Å². The number of nitrogens with two attached hydrogens (primary N) is 1. The van der Waals surface area contributed by atoms with Gasteiger partial charge in [-0.05, 0) is 18.1 Å². The number of fused-ring (bicyclic) bond motifs is 1. The highest BCUT2D eigenvalue weighted by Gasteiger charge is 2.23. The smallest absolute Gasteiger partial charge is 0.320 e. The number of hydrogen-bond donors (Lipinski definition) is 2. The zero-order valence-corrected chi connectivity index (χ0v) is 8.13. The molecule has 0 saturated carbocycles. The Labute approximate surface area is 87.4 Å². The van der Waals surface area contributed by atoms with Gasteiger partial charge in [-0.2, -0.15) is 0 Å². The molecule has 1 heterocycles. The summed E-state index contributed by atoms with van der Waals surface area (Å²) in [4.78, 5) is 14.8. The van der Waals surface area contributed by atoms with Gasteiger partial charge in [-0.15, -0.1) is 0 Å². The van der Waals surface area contributed by atoms with E-state index >= 15 is 0 Å². The van der Waals surface area contributed by atoms with Crippen LogP contribution in [0.2, 0.25) is 0 Å². The van der Waals surface area contributed by atoms with Crippen LogP contribution in [-0.2, 0) is 4.79 Å². The quantitative estimate of drug-likeness (QED) is 0.778. The third-order valence-corrected chi connectivity index (χ3v) is 2.55. The third-order valence-electron chi connectivity index (χ3n) is 2.55. The van der Waals surface area contributed by atoms with E-state index < -0.39 is 12.0 Å². The van der Waals surface area contributed by atoms with Crippen LogP contribution in [-0.4, -0.2) is 23.3 Å². The van der Waals surface area contributed by atoms with Crippen molar-refractivity contribution in [3.8, 4) is 0 Å². The molecule has 0 aliphatic carbocycles. The Bertz CT molecular complexity index is 415. The molecule has 0 unspecified atom stereocenters. The number of nitrogens with zero attached hydrogens (tertiary/aromatic N) is 1.